The van der Waals surface area contributed by atoms with Crippen LogP contribution in [0, 0.1) is 13.8 Å². The summed E-state index contributed by atoms with van der Waals surface area (Å²) in [5.41, 5.74) is 6.11. The molecular weight excluding hydrogens is 430 g/mol. The molecule has 3 nitrogen and oxygen atoms in total. The molecule has 176 valence electrons. The van der Waals surface area contributed by atoms with E-state index in [1.807, 2.05) is 73.7 Å². The van der Waals surface area contributed by atoms with Crippen molar-refractivity contribution < 1.29 is 9.53 Å². The second kappa shape index (κ2) is 11.0. The van der Waals surface area contributed by atoms with Crippen LogP contribution >= 0.6 is 0 Å². The van der Waals surface area contributed by atoms with E-state index in [0.29, 0.717) is 6.61 Å². The van der Waals surface area contributed by atoms with Gasteiger partial charge in [-0.05, 0) is 43.0 Å². The van der Waals surface area contributed by atoms with Gasteiger partial charge >= 0.3 is 5.97 Å². The van der Waals surface area contributed by atoms with Crippen LogP contribution in [0.2, 0.25) is 0 Å². The van der Waals surface area contributed by atoms with E-state index >= 15 is 0 Å². The molecule has 4 rings (SSSR count). The molecule has 0 amide bonds. The minimum Gasteiger partial charge on any atom is -0.466 e. The van der Waals surface area contributed by atoms with Crippen molar-refractivity contribution in [2.75, 3.05) is 6.61 Å². The molecule has 35 heavy (non-hydrogen) atoms. The highest BCUT2D eigenvalue weighted by atomic mass is 16.5. The summed E-state index contributed by atoms with van der Waals surface area (Å²) in [5, 5.41) is 0. The smallest absolute Gasteiger partial charge is 0.308 e. The van der Waals surface area contributed by atoms with Gasteiger partial charge in [0.2, 0.25) is 0 Å². The Morgan fingerprint density at radius 3 is 1.77 bits per heavy atom. The Morgan fingerprint density at radius 2 is 1.26 bits per heavy atom. The number of rotatable bonds is 8. The number of nitrogens with zero attached hydrogens (tertiary/aromatic N) is 1. The van der Waals surface area contributed by atoms with Gasteiger partial charge in [0.05, 0.1) is 18.7 Å². The van der Waals surface area contributed by atoms with Gasteiger partial charge in [-0.3, -0.25) is 9.79 Å². The van der Waals surface area contributed by atoms with E-state index in [0.717, 1.165) is 33.5 Å². The van der Waals surface area contributed by atoms with E-state index in [4.69, 9.17) is 9.73 Å². The van der Waals surface area contributed by atoms with Crippen molar-refractivity contribution in [2.45, 2.75) is 32.7 Å². The van der Waals surface area contributed by atoms with Crippen LogP contribution in [0.5, 0.6) is 0 Å². The highest BCUT2D eigenvalue weighted by molar-refractivity contribution is 6.13. The van der Waals surface area contributed by atoms with Gasteiger partial charge in [-0.1, -0.05) is 109 Å². The lowest BCUT2D eigenvalue weighted by Gasteiger charge is -2.32. The Kier molecular flexibility index (Phi) is 7.57. The third kappa shape index (κ3) is 5.41. The van der Waals surface area contributed by atoms with E-state index in [1.165, 1.54) is 5.56 Å². The highest BCUT2D eigenvalue weighted by Crippen LogP contribution is 2.40. The standard InChI is InChI=1S/C32H31NO2/c1-4-35-30(34)23-32(28-18-12-7-13-19-28,29-21-20-24(2)25(3)22-29)33-31(26-14-8-5-9-15-26)27-16-10-6-11-17-27/h5-22H,4,23H2,1-3H3. The second-order valence-electron chi connectivity index (χ2n) is 8.70. The lowest BCUT2D eigenvalue weighted by Crippen LogP contribution is -2.32. The molecule has 0 aromatic heterocycles. The Hall–Kier alpha value is -3.98. The molecule has 0 heterocycles. The SMILES string of the molecule is CCOC(=O)CC(N=C(c1ccccc1)c1ccccc1)(c1ccccc1)c1ccc(C)c(C)c1. The zero-order valence-electron chi connectivity index (χ0n) is 20.6. The summed E-state index contributed by atoms with van der Waals surface area (Å²) in [7, 11) is 0. The fourth-order valence-electron chi connectivity index (χ4n) is 4.35. The Labute approximate surface area is 208 Å². The van der Waals surface area contributed by atoms with Crippen LogP contribution in [0.15, 0.2) is 114 Å². The summed E-state index contributed by atoms with van der Waals surface area (Å²) in [6.07, 6.45) is 0.0938. The molecule has 4 aromatic rings. The number of ether oxygens (including phenoxy) is 1. The first-order chi connectivity index (χ1) is 17.0. The van der Waals surface area contributed by atoms with Crippen LogP contribution in [-0.2, 0) is 15.1 Å². The maximum absolute atomic E-state index is 13.1. The maximum atomic E-state index is 13.1. The molecule has 0 fully saturated rings. The van der Waals surface area contributed by atoms with Crippen LogP contribution in [-0.4, -0.2) is 18.3 Å². The van der Waals surface area contributed by atoms with Gasteiger partial charge in [0.25, 0.3) is 0 Å². The normalized spacial score (nSPS) is 12.4. The number of carbonyl (C=O) groups excluding carboxylic acids is 1. The first-order valence-corrected chi connectivity index (χ1v) is 12.0. The van der Waals surface area contributed by atoms with Crippen molar-refractivity contribution in [3.63, 3.8) is 0 Å². The van der Waals surface area contributed by atoms with Gasteiger partial charge in [-0.2, -0.15) is 0 Å². The van der Waals surface area contributed by atoms with E-state index in [-0.39, 0.29) is 12.4 Å². The molecule has 0 radical (unpaired) electrons. The van der Waals surface area contributed by atoms with Gasteiger partial charge in [0, 0.05) is 11.1 Å². The second-order valence-corrected chi connectivity index (χ2v) is 8.70. The Balaban J connectivity index is 2.07. The fraction of sp³-hybridized carbons (Fsp3) is 0.188. The molecule has 0 aliphatic carbocycles. The summed E-state index contributed by atoms with van der Waals surface area (Å²) in [5.74, 6) is -0.279. The van der Waals surface area contributed by atoms with Crippen molar-refractivity contribution in [3.05, 3.63) is 143 Å². The molecule has 0 N–H and O–H groups in total. The number of hydrogen-bond donors (Lipinski definition) is 0. The first kappa shape index (κ1) is 24.2. The average molecular weight is 462 g/mol. The van der Waals surface area contributed by atoms with Crippen molar-refractivity contribution in [2.24, 2.45) is 4.99 Å². The lowest BCUT2D eigenvalue weighted by atomic mass is 9.79. The van der Waals surface area contributed by atoms with Crippen molar-refractivity contribution in [1.29, 1.82) is 0 Å². The van der Waals surface area contributed by atoms with Gasteiger partial charge in [-0.15, -0.1) is 0 Å². The predicted octanol–water partition coefficient (Wildman–Crippen LogP) is 7.04. The van der Waals surface area contributed by atoms with E-state index in [2.05, 4.69) is 56.3 Å². The summed E-state index contributed by atoms with van der Waals surface area (Å²) in [6, 6.07) is 36.7. The lowest BCUT2D eigenvalue weighted by molar-refractivity contribution is -0.144. The zero-order valence-corrected chi connectivity index (χ0v) is 20.6. The monoisotopic (exact) mass is 461 g/mol. The molecule has 0 aliphatic rings. The Bertz CT molecular complexity index is 1260. The van der Waals surface area contributed by atoms with E-state index in [9.17, 15) is 4.79 Å². The zero-order chi connectivity index (χ0) is 24.7. The van der Waals surface area contributed by atoms with Gasteiger partial charge in [0.1, 0.15) is 5.54 Å². The number of carbonyl (C=O) groups is 1. The van der Waals surface area contributed by atoms with Crippen LogP contribution in [0.1, 0.15) is 46.7 Å². The molecule has 0 saturated carbocycles. The molecule has 1 atom stereocenters. The molecule has 0 bridgehead atoms. The van der Waals surface area contributed by atoms with Gasteiger partial charge in [0.15, 0.2) is 0 Å². The van der Waals surface area contributed by atoms with Gasteiger partial charge < -0.3 is 4.74 Å². The molecular formula is C32H31NO2. The maximum Gasteiger partial charge on any atom is 0.308 e. The van der Waals surface area contributed by atoms with Crippen LogP contribution in [0.3, 0.4) is 0 Å². The van der Waals surface area contributed by atoms with E-state index < -0.39 is 5.54 Å². The van der Waals surface area contributed by atoms with Gasteiger partial charge in [-0.25, -0.2) is 0 Å². The number of aliphatic imine (C=N–C) groups is 1. The summed E-state index contributed by atoms with van der Waals surface area (Å²) >= 11 is 0. The minimum absolute atomic E-state index is 0.0938. The minimum atomic E-state index is -0.965. The molecule has 1 unspecified atom stereocenters. The van der Waals surface area contributed by atoms with Crippen molar-refractivity contribution in [3.8, 4) is 0 Å². The largest absolute Gasteiger partial charge is 0.466 e. The summed E-state index contributed by atoms with van der Waals surface area (Å²) in [6.45, 7) is 6.35. The molecule has 4 aromatic carbocycles. The highest BCUT2D eigenvalue weighted by Gasteiger charge is 2.38. The number of esters is 1. The molecule has 0 saturated heterocycles. The molecule has 0 aliphatic heterocycles. The average Bonchev–Trinajstić information content (AvgIpc) is 2.90. The number of hydrogen-bond acceptors (Lipinski definition) is 3. The van der Waals surface area contributed by atoms with Crippen molar-refractivity contribution in [1.82, 2.24) is 0 Å². The fourth-order valence-corrected chi connectivity index (χ4v) is 4.35. The summed E-state index contributed by atoms with van der Waals surface area (Å²) < 4.78 is 5.48. The Morgan fingerprint density at radius 1 is 0.714 bits per heavy atom. The third-order valence-corrected chi connectivity index (χ3v) is 6.34. The molecule has 0 spiro atoms. The summed E-state index contributed by atoms with van der Waals surface area (Å²) in [4.78, 5) is 18.6. The molecule has 3 heteroatoms. The number of aryl methyl sites for hydroxylation is 2. The quantitative estimate of drug-likeness (QED) is 0.209. The van der Waals surface area contributed by atoms with Crippen LogP contribution in [0.25, 0.3) is 0 Å². The van der Waals surface area contributed by atoms with E-state index in [1.54, 1.807) is 0 Å². The first-order valence-electron chi connectivity index (χ1n) is 12.0. The topological polar surface area (TPSA) is 38.7 Å². The van der Waals surface area contributed by atoms with Crippen LogP contribution < -0.4 is 0 Å². The number of benzene rings is 4. The third-order valence-electron chi connectivity index (χ3n) is 6.34. The van der Waals surface area contributed by atoms with Crippen LogP contribution in [0.4, 0.5) is 0 Å². The predicted molar refractivity (Wildman–Crippen MR) is 143 cm³/mol. The van der Waals surface area contributed by atoms with Crippen molar-refractivity contribution >= 4 is 11.7 Å².